The highest BCUT2D eigenvalue weighted by atomic mass is 19.1. The van der Waals surface area contributed by atoms with Crippen molar-refractivity contribution in [3.8, 4) is 11.3 Å². The summed E-state index contributed by atoms with van der Waals surface area (Å²) in [4.78, 5) is 11.7. The lowest BCUT2D eigenvalue weighted by molar-refractivity contribution is 0.627. The third kappa shape index (κ3) is 1.91. The Morgan fingerprint density at radius 1 is 1.11 bits per heavy atom. The smallest absolute Gasteiger partial charge is 0.267 e. The van der Waals surface area contributed by atoms with Gasteiger partial charge in [-0.25, -0.2) is 9.49 Å². The van der Waals surface area contributed by atoms with Gasteiger partial charge in [-0.15, -0.1) is 0 Å². The van der Waals surface area contributed by atoms with E-state index in [4.69, 9.17) is 0 Å². The second-order valence-electron chi connectivity index (χ2n) is 4.41. The fourth-order valence-corrected chi connectivity index (χ4v) is 2.21. The van der Waals surface area contributed by atoms with Crippen molar-refractivity contribution in [1.29, 1.82) is 0 Å². The number of H-pyrrole nitrogens is 1. The van der Waals surface area contributed by atoms with Crippen LogP contribution in [0.15, 0.2) is 47.3 Å². The minimum Gasteiger partial charge on any atom is -0.267 e. The molecule has 94 valence electrons. The van der Waals surface area contributed by atoms with E-state index in [1.807, 2.05) is 19.1 Å². The van der Waals surface area contributed by atoms with Crippen molar-refractivity contribution in [1.82, 2.24) is 10.2 Å². The van der Waals surface area contributed by atoms with Crippen LogP contribution in [0.4, 0.5) is 4.39 Å². The van der Waals surface area contributed by atoms with Crippen molar-refractivity contribution >= 4 is 10.8 Å². The molecule has 0 radical (unpaired) electrons. The number of hydrogen-bond acceptors (Lipinski definition) is 2. The number of nitrogens with one attached hydrogen (secondary N) is 1. The molecule has 3 nitrogen and oxygen atoms in total. The van der Waals surface area contributed by atoms with Crippen LogP contribution in [0.2, 0.25) is 0 Å². The molecular formula is C15H11FN2O. The summed E-state index contributed by atoms with van der Waals surface area (Å²) in [5.41, 5.74) is 2.03. The summed E-state index contributed by atoms with van der Waals surface area (Å²) in [6.45, 7) is 1.82. The quantitative estimate of drug-likeness (QED) is 0.725. The van der Waals surface area contributed by atoms with Gasteiger partial charge in [0.2, 0.25) is 0 Å². The summed E-state index contributed by atoms with van der Waals surface area (Å²) >= 11 is 0. The lowest BCUT2D eigenvalue weighted by atomic mass is 10.0. The first kappa shape index (κ1) is 11.6. The number of aryl methyl sites for hydroxylation is 1. The second-order valence-corrected chi connectivity index (χ2v) is 4.41. The number of benzene rings is 2. The number of fused-ring (bicyclic) bond motifs is 1. The lowest BCUT2D eigenvalue weighted by Gasteiger charge is -2.07. The summed E-state index contributed by atoms with van der Waals surface area (Å²) < 4.78 is 13.2. The Labute approximate surface area is 108 Å². The Hall–Kier alpha value is -2.49. The first-order chi connectivity index (χ1) is 9.16. The first-order valence-corrected chi connectivity index (χ1v) is 5.91. The molecular weight excluding hydrogens is 243 g/mol. The summed E-state index contributed by atoms with van der Waals surface area (Å²) in [5, 5.41) is 7.94. The summed E-state index contributed by atoms with van der Waals surface area (Å²) in [6.07, 6.45) is 0. The zero-order chi connectivity index (χ0) is 13.4. The number of rotatable bonds is 1. The number of hydrogen-bond donors (Lipinski definition) is 1. The molecule has 0 aliphatic heterocycles. The lowest BCUT2D eigenvalue weighted by Crippen LogP contribution is -2.09. The fourth-order valence-electron chi connectivity index (χ4n) is 2.21. The van der Waals surface area contributed by atoms with Gasteiger partial charge in [0.25, 0.3) is 5.56 Å². The maximum atomic E-state index is 13.2. The van der Waals surface area contributed by atoms with Crippen LogP contribution in [0.25, 0.3) is 22.0 Å². The third-order valence-electron chi connectivity index (χ3n) is 3.14. The van der Waals surface area contributed by atoms with E-state index in [0.29, 0.717) is 11.1 Å². The van der Waals surface area contributed by atoms with Gasteiger partial charge < -0.3 is 0 Å². The van der Waals surface area contributed by atoms with Crippen LogP contribution in [0.5, 0.6) is 0 Å². The molecule has 0 saturated heterocycles. The molecule has 0 amide bonds. The standard InChI is InChI=1S/C15H11FN2O/c1-9-8-10(16)6-7-11(9)14-12-4-2-3-5-13(12)15(19)18-17-14/h2-8H,1H3,(H,18,19). The van der Waals surface area contributed by atoms with E-state index in [0.717, 1.165) is 16.5 Å². The molecule has 3 aromatic rings. The van der Waals surface area contributed by atoms with Crippen molar-refractivity contribution in [3.05, 3.63) is 64.2 Å². The van der Waals surface area contributed by atoms with Gasteiger partial charge in [0.15, 0.2) is 0 Å². The molecule has 1 N–H and O–H groups in total. The monoisotopic (exact) mass is 254 g/mol. The van der Waals surface area contributed by atoms with Crippen LogP contribution in [0, 0.1) is 12.7 Å². The number of nitrogens with zero attached hydrogens (tertiary/aromatic N) is 1. The first-order valence-electron chi connectivity index (χ1n) is 5.91. The highest BCUT2D eigenvalue weighted by molar-refractivity contribution is 5.94. The fraction of sp³-hybridized carbons (Fsp3) is 0.0667. The molecule has 3 rings (SSSR count). The van der Waals surface area contributed by atoms with Gasteiger partial charge in [-0.05, 0) is 36.8 Å². The van der Waals surface area contributed by atoms with Crippen LogP contribution in [0.1, 0.15) is 5.56 Å². The average molecular weight is 254 g/mol. The van der Waals surface area contributed by atoms with Crippen molar-refractivity contribution in [2.24, 2.45) is 0 Å². The summed E-state index contributed by atoms with van der Waals surface area (Å²) in [6, 6.07) is 11.8. The van der Waals surface area contributed by atoms with Crippen molar-refractivity contribution in [3.63, 3.8) is 0 Å². The molecule has 0 atom stereocenters. The second kappa shape index (κ2) is 4.31. The van der Waals surface area contributed by atoms with E-state index < -0.39 is 0 Å². The molecule has 0 aliphatic rings. The van der Waals surface area contributed by atoms with Crippen LogP contribution < -0.4 is 5.56 Å². The van der Waals surface area contributed by atoms with Crippen LogP contribution in [-0.4, -0.2) is 10.2 Å². The number of aromatic amines is 1. The molecule has 0 saturated carbocycles. The normalized spacial score (nSPS) is 10.8. The Morgan fingerprint density at radius 3 is 2.58 bits per heavy atom. The van der Waals surface area contributed by atoms with Gasteiger partial charge in [0.1, 0.15) is 5.82 Å². The van der Waals surface area contributed by atoms with Gasteiger partial charge in [-0.2, -0.15) is 5.10 Å². The summed E-state index contributed by atoms with van der Waals surface area (Å²) in [7, 11) is 0. The molecule has 0 fully saturated rings. The zero-order valence-corrected chi connectivity index (χ0v) is 10.3. The van der Waals surface area contributed by atoms with E-state index in [9.17, 15) is 9.18 Å². The molecule has 0 unspecified atom stereocenters. The van der Waals surface area contributed by atoms with Gasteiger partial charge in [-0.1, -0.05) is 18.2 Å². The van der Waals surface area contributed by atoms with Gasteiger partial charge in [0.05, 0.1) is 11.1 Å². The van der Waals surface area contributed by atoms with Crippen molar-refractivity contribution in [2.75, 3.05) is 0 Å². The van der Waals surface area contributed by atoms with E-state index in [2.05, 4.69) is 10.2 Å². The van der Waals surface area contributed by atoms with E-state index in [1.54, 1.807) is 18.2 Å². The molecule has 1 aromatic heterocycles. The molecule has 1 heterocycles. The maximum absolute atomic E-state index is 13.2. The highest BCUT2D eigenvalue weighted by Crippen LogP contribution is 2.27. The van der Waals surface area contributed by atoms with Gasteiger partial charge >= 0.3 is 0 Å². The van der Waals surface area contributed by atoms with Crippen LogP contribution in [-0.2, 0) is 0 Å². The molecule has 0 aliphatic carbocycles. The molecule has 4 heteroatoms. The van der Waals surface area contributed by atoms with Crippen molar-refractivity contribution < 1.29 is 4.39 Å². The predicted molar refractivity (Wildman–Crippen MR) is 72.5 cm³/mol. The molecule has 2 aromatic carbocycles. The Balaban J connectivity index is 2.37. The Kier molecular flexibility index (Phi) is 2.63. The van der Waals surface area contributed by atoms with E-state index >= 15 is 0 Å². The van der Waals surface area contributed by atoms with E-state index in [1.165, 1.54) is 12.1 Å². The minimum atomic E-state index is -0.282. The Bertz CT molecular complexity index is 824. The van der Waals surface area contributed by atoms with Crippen molar-refractivity contribution in [2.45, 2.75) is 6.92 Å². The average Bonchev–Trinajstić information content (AvgIpc) is 2.41. The molecule has 0 spiro atoms. The highest BCUT2D eigenvalue weighted by Gasteiger charge is 2.10. The minimum absolute atomic E-state index is 0.223. The topological polar surface area (TPSA) is 45.8 Å². The number of aromatic nitrogens is 2. The predicted octanol–water partition coefficient (Wildman–Crippen LogP) is 3.04. The van der Waals surface area contributed by atoms with Gasteiger partial charge in [0, 0.05) is 10.9 Å². The van der Waals surface area contributed by atoms with E-state index in [-0.39, 0.29) is 11.4 Å². The number of halogens is 1. The zero-order valence-electron chi connectivity index (χ0n) is 10.3. The van der Waals surface area contributed by atoms with Crippen LogP contribution >= 0.6 is 0 Å². The molecule has 0 bridgehead atoms. The maximum Gasteiger partial charge on any atom is 0.272 e. The Morgan fingerprint density at radius 2 is 1.84 bits per heavy atom. The van der Waals surface area contributed by atoms with Crippen LogP contribution in [0.3, 0.4) is 0 Å². The van der Waals surface area contributed by atoms with Gasteiger partial charge in [-0.3, -0.25) is 4.79 Å². The largest absolute Gasteiger partial charge is 0.272 e. The third-order valence-corrected chi connectivity index (χ3v) is 3.14. The SMILES string of the molecule is Cc1cc(F)ccc1-c1n[nH]c(=O)c2ccccc12. The summed E-state index contributed by atoms with van der Waals surface area (Å²) in [5.74, 6) is -0.282. The molecule has 19 heavy (non-hydrogen) atoms.